The van der Waals surface area contributed by atoms with Crippen LogP contribution in [0.4, 0.5) is 5.82 Å². The van der Waals surface area contributed by atoms with Gasteiger partial charge in [0, 0.05) is 6.07 Å². The third-order valence-corrected chi connectivity index (χ3v) is 4.22. The lowest BCUT2D eigenvalue weighted by atomic mass is 9.62. The van der Waals surface area contributed by atoms with E-state index in [0.717, 1.165) is 12.8 Å². The molecular formula is C14H16N2O4. The van der Waals surface area contributed by atoms with Crippen LogP contribution in [-0.4, -0.2) is 22.1 Å². The number of hydrogen-bond acceptors (Lipinski definition) is 4. The highest BCUT2D eigenvalue weighted by Gasteiger charge is 2.48. The number of aryl methyl sites for hydroxylation is 1. The van der Waals surface area contributed by atoms with E-state index in [4.69, 9.17) is 4.52 Å². The molecule has 6 nitrogen and oxygen atoms in total. The van der Waals surface area contributed by atoms with Gasteiger partial charge in [-0.05, 0) is 31.6 Å². The van der Waals surface area contributed by atoms with Crippen LogP contribution < -0.4 is 5.32 Å². The quantitative estimate of drug-likeness (QED) is 0.822. The standard InChI is InChI=1S/C14H16N2O4/c1-7-6-10(16-20-7)15-13(17)11-8-2-4-9(5-3-8)12(11)14(18)19/h2,4,6,8-9,11-12H,3,5H2,1H3,(H,18,19)(H,15,16,17)/t8-,9-,11+,12-/m0/s1. The van der Waals surface area contributed by atoms with Gasteiger partial charge in [-0.1, -0.05) is 17.3 Å². The predicted molar refractivity (Wildman–Crippen MR) is 69.8 cm³/mol. The highest BCUT2D eigenvalue weighted by atomic mass is 16.5. The van der Waals surface area contributed by atoms with Crippen molar-refractivity contribution in [1.82, 2.24) is 5.16 Å². The minimum atomic E-state index is -0.902. The average molecular weight is 276 g/mol. The van der Waals surface area contributed by atoms with Crippen molar-refractivity contribution in [3.05, 3.63) is 24.0 Å². The van der Waals surface area contributed by atoms with Crippen molar-refractivity contribution in [3.63, 3.8) is 0 Å². The highest BCUT2D eigenvalue weighted by Crippen LogP contribution is 2.45. The molecule has 0 aromatic carbocycles. The summed E-state index contributed by atoms with van der Waals surface area (Å²) in [5.74, 6) is -1.49. The first kappa shape index (κ1) is 12.9. The van der Waals surface area contributed by atoms with Gasteiger partial charge in [-0.25, -0.2) is 0 Å². The lowest BCUT2D eigenvalue weighted by molar-refractivity contribution is -0.151. The maximum absolute atomic E-state index is 12.4. The molecule has 0 saturated heterocycles. The summed E-state index contributed by atoms with van der Waals surface area (Å²) in [5, 5.41) is 15.8. The molecule has 2 bridgehead atoms. The van der Waals surface area contributed by atoms with Gasteiger partial charge in [0.25, 0.3) is 0 Å². The number of nitrogens with one attached hydrogen (secondary N) is 1. The van der Waals surface area contributed by atoms with E-state index < -0.39 is 17.8 Å². The summed E-state index contributed by atoms with van der Waals surface area (Å²) in [4.78, 5) is 23.9. The number of allylic oxidation sites excluding steroid dienone is 2. The molecule has 0 radical (unpaired) electrons. The summed E-state index contributed by atoms with van der Waals surface area (Å²) in [6.07, 6.45) is 5.62. The normalized spacial score (nSPS) is 31.2. The van der Waals surface area contributed by atoms with Gasteiger partial charge in [0.05, 0.1) is 11.8 Å². The SMILES string of the molecule is Cc1cc(NC(=O)[C@H]2[C@@H](C(=O)O)[C@H]3C=C[C@H]2CC3)no1. The van der Waals surface area contributed by atoms with Crippen molar-refractivity contribution in [2.24, 2.45) is 23.7 Å². The highest BCUT2D eigenvalue weighted by molar-refractivity contribution is 5.95. The first-order valence-electron chi connectivity index (χ1n) is 6.71. The fraction of sp³-hybridized carbons (Fsp3) is 0.500. The van der Waals surface area contributed by atoms with E-state index in [9.17, 15) is 14.7 Å². The van der Waals surface area contributed by atoms with E-state index in [0.29, 0.717) is 11.6 Å². The van der Waals surface area contributed by atoms with Gasteiger partial charge in [-0.15, -0.1) is 0 Å². The van der Waals surface area contributed by atoms with Gasteiger partial charge in [0.15, 0.2) is 5.82 Å². The number of aromatic nitrogens is 1. The topological polar surface area (TPSA) is 92.4 Å². The van der Waals surface area contributed by atoms with E-state index >= 15 is 0 Å². The van der Waals surface area contributed by atoms with E-state index in [2.05, 4.69) is 10.5 Å². The lowest BCUT2D eigenvalue weighted by Crippen LogP contribution is -2.47. The van der Waals surface area contributed by atoms with Crippen LogP contribution in [0.5, 0.6) is 0 Å². The van der Waals surface area contributed by atoms with E-state index in [1.165, 1.54) is 0 Å². The molecular weight excluding hydrogens is 260 g/mol. The second-order valence-corrected chi connectivity index (χ2v) is 5.49. The summed E-state index contributed by atoms with van der Waals surface area (Å²) < 4.78 is 4.89. The molecule has 1 heterocycles. The second kappa shape index (κ2) is 4.77. The Morgan fingerprint density at radius 3 is 2.45 bits per heavy atom. The number of anilines is 1. The van der Waals surface area contributed by atoms with Gasteiger partial charge >= 0.3 is 5.97 Å². The molecule has 1 saturated carbocycles. The Bertz CT molecular complexity index is 577. The molecule has 106 valence electrons. The molecule has 0 spiro atoms. The van der Waals surface area contributed by atoms with Crippen LogP contribution in [0.3, 0.4) is 0 Å². The summed E-state index contributed by atoms with van der Waals surface area (Å²) in [7, 11) is 0. The van der Waals surface area contributed by atoms with Gasteiger partial charge in [-0.2, -0.15) is 0 Å². The van der Waals surface area contributed by atoms with Gasteiger partial charge in [0.1, 0.15) is 5.76 Å². The lowest BCUT2D eigenvalue weighted by Gasteiger charge is -2.41. The Kier molecular flexibility index (Phi) is 3.08. The number of carboxylic acids is 1. The molecule has 6 heteroatoms. The third-order valence-electron chi connectivity index (χ3n) is 4.22. The first-order chi connectivity index (χ1) is 9.56. The average Bonchev–Trinajstić information content (AvgIpc) is 2.84. The molecule has 4 atom stereocenters. The molecule has 3 aliphatic rings. The minimum Gasteiger partial charge on any atom is -0.481 e. The molecule has 20 heavy (non-hydrogen) atoms. The number of fused-ring (bicyclic) bond motifs is 2. The summed E-state index contributed by atoms with van der Waals surface area (Å²) in [6, 6.07) is 1.62. The van der Waals surface area contributed by atoms with Crippen LogP contribution in [-0.2, 0) is 9.59 Å². The summed E-state index contributed by atoms with van der Waals surface area (Å²) in [5.41, 5.74) is 0. The molecule has 0 unspecified atom stereocenters. The number of carbonyl (C=O) groups is 2. The van der Waals surface area contributed by atoms with Gasteiger partial charge in [-0.3, -0.25) is 9.59 Å². The number of carboxylic acid groups (broad SMARTS) is 1. The first-order valence-corrected chi connectivity index (χ1v) is 6.71. The molecule has 0 aliphatic heterocycles. The summed E-state index contributed by atoms with van der Waals surface area (Å²) >= 11 is 0. The number of aliphatic carboxylic acids is 1. The smallest absolute Gasteiger partial charge is 0.307 e. The Labute approximate surface area is 115 Å². The van der Waals surface area contributed by atoms with Crippen molar-refractivity contribution in [2.45, 2.75) is 19.8 Å². The fourth-order valence-electron chi connectivity index (χ4n) is 3.32. The third kappa shape index (κ3) is 2.11. The molecule has 2 N–H and O–H groups in total. The van der Waals surface area contributed by atoms with Crippen LogP contribution in [0.25, 0.3) is 0 Å². The van der Waals surface area contributed by atoms with Crippen molar-refractivity contribution in [1.29, 1.82) is 0 Å². The Morgan fingerprint density at radius 2 is 1.95 bits per heavy atom. The van der Waals surface area contributed by atoms with Crippen molar-refractivity contribution < 1.29 is 19.2 Å². The molecule has 1 aromatic heterocycles. The number of amides is 1. The summed E-state index contributed by atoms with van der Waals surface area (Å²) in [6.45, 7) is 1.73. The number of rotatable bonds is 3. The van der Waals surface area contributed by atoms with Crippen molar-refractivity contribution >= 4 is 17.7 Å². The van der Waals surface area contributed by atoms with Crippen LogP contribution in [0, 0.1) is 30.6 Å². The number of nitrogens with zero attached hydrogens (tertiary/aromatic N) is 1. The van der Waals surface area contributed by atoms with Gasteiger partial charge in [0.2, 0.25) is 5.91 Å². The second-order valence-electron chi connectivity index (χ2n) is 5.49. The maximum Gasteiger partial charge on any atom is 0.307 e. The Balaban J connectivity index is 1.82. The molecule has 1 amide bonds. The maximum atomic E-state index is 12.4. The van der Waals surface area contributed by atoms with Crippen LogP contribution >= 0.6 is 0 Å². The van der Waals surface area contributed by atoms with Crippen LogP contribution in [0.15, 0.2) is 22.7 Å². The number of hydrogen-bond donors (Lipinski definition) is 2. The zero-order valence-corrected chi connectivity index (χ0v) is 11.1. The van der Waals surface area contributed by atoms with Crippen molar-refractivity contribution in [3.8, 4) is 0 Å². The Morgan fingerprint density at radius 1 is 1.30 bits per heavy atom. The molecule has 1 aromatic rings. The zero-order valence-electron chi connectivity index (χ0n) is 11.1. The zero-order chi connectivity index (χ0) is 14.3. The largest absolute Gasteiger partial charge is 0.481 e. The molecule has 4 rings (SSSR count). The monoisotopic (exact) mass is 276 g/mol. The Hall–Kier alpha value is -2.11. The van der Waals surface area contributed by atoms with Crippen LogP contribution in [0.1, 0.15) is 18.6 Å². The van der Waals surface area contributed by atoms with Gasteiger partial charge < -0.3 is 14.9 Å². The van der Waals surface area contributed by atoms with Crippen LogP contribution in [0.2, 0.25) is 0 Å². The van der Waals surface area contributed by atoms with E-state index in [1.54, 1.807) is 13.0 Å². The van der Waals surface area contributed by atoms with E-state index in [1.807, 2.05) is 12.2 Å². The van der Waals surface area contributed by atoms with E-state index in [-0.39, 0.29) is 17.7 Å². The molecule has 1 fully saturated rings. The predicted octanol–water partition coefficient (Wildman–Crippen LogP) is 1.83. The molecule has 3 aliphatic carbocycles. The fourth-order valence-corrected chi connectivity index (χ4v) is 3.32. The van der Waals surface area contributed by atoms with Crippen molar-refractivity contribution in [2.75, 3.05) is 5.32 Å². The number of carbonyl (C=O) groups excluding carboxylic acids is 1. The minimum absolute atomic E-state index is 0.00546.